The highest BCUT2D eigenvalue weighted by Crippen LogP contribution is 2.31. The molecule has 0 unspecified atom stereocenters. The lowest BCUT2D eigenvalue weighted by Gasteiger charge is -2.52. The molecule has 2 heterocycles. The zero-order valence-corrected chi connectivity index (χ0v) is 17.9. The minimum absolute atomic E-state index is 0.00104. The zero-order chi connectivity index (χ0) is 22.3. The number of sulfonamides is 1. The molecule has 0 radical (unpaired) electrons. The number of hydrogen-bond donors (Lipinski definition) is 2. The van der Waals surface area contributed by atoms with Crippen molar-refractivity contribution in [2.24, 2.45) is 0 Å². The van der Waals surface area contributed by atoms with Gasteiger partial charge in [-0.2, -0.15) is 4.31 Å². The Kier molecular flexibility index (Phi) is 5.80. The van der Waals surface area contributed by atoms with Crippen molar-refractivity contribution in [3.8, 4) is 0 Å². The Morgan fingerprint density at radius 2 is 1.97 bits per heavy atom. The summed E-state index contributed by atoms with van der Waals surface area (Å²) in [7, 11) is -4.13. The van der Waals surface area contributed by atoms with Gasteiger partial charge in [0.1, 0.15) is 11.2 Å². The summed E-state index contributed by atoms with van der Waals surface area (Å²) in [6.07, 6.45) is -0.549. The maximum atomic E-state index is 13.0. The van der Waals surface area contributed by atoms with Crippen LogP contribution in [0.4, 0.5) is 10.5 Å². The van der Waals surface area contributed by atoms with E-state index >= 15 is 0 Å². The van der Waals surface area contributed by atoms with Crippen LogP contribution < -0.4 is 5.32 Å². The van der Waals surface area contributed by atoms with E-state index in [0.717, 1.165) is 10.4 Å². The number of nitrogens with one attached hydrogen (secondary N) is 1. The largest absolute Gasteiger partial charge is 0.444 e. The van der Waals surface area contributed by atoms with E-state index in [1.807, 2.05) is 0 Å². The predicted octanol–water partition coefficient (Wildman–Crippen LogP) is 0.539. The average molecular weight is 442 g/mol. The van der Waals surface area contributed by atoms with Crippen molar-refractivity contribution in [1.82, 2.24) is 14.5 Å². The van der Waals surface area contributed by atoms with Crippen LogP contribution in [0.15, 0.2) is 29.2 Å². The van der Waals surface area contributed by atoms with Gasteiger partial charge in [-0.05, 0) is 26.8 Å². The molecule has 30 heavy (non-hydrogen) atoms. The minimum Gasteiger partial charge on any atom is -0.444 e. The SMILES string of the molecule is CC(C)(C)OC(=O)N1CC(O)([C@@H]2CN(S(=O)(=O)c3ccccc3[N+](=O)[O-])CCN2)C1. The van der Waals surface area contributed by atoms with Crippen molar-refractivity contribution in [1.29, 1.82) is 0 Å². The normalized spacial score (nSPS) is 22.3. The lowest BCUT2D eigenvalue weighted by atomic mass is 9.85. The maximum Gasteiger partial charge on any atom is 0.410 e. The van der Waals surface area contributed by atoms with Gasteiger partial charge in [0, 0.05) is 25.7 Å². The van der Waals surface area contributed by atoms with E-state index in [1.165, 1.54) is 23.1 Å². The second kappa shape index (κ2) is 7.76. The number of benzene rings is 1. The van der Waals surface area contributed by atoms with Gasteiger partial charge in [-0.15, -0.1) is 0 Å². The van der Waals surface area contributed by atoms with Crippen LogP contribution in [-0.4, -0.2) is 83.7 Å². The molecule has 11 nitrogen and oxygen atoms in total. The van der Waals surface area contributed by atoms with E-state index in [4.69, 9.17) is 4.74 Å². The summed E-state index contributed by atoms with van der Waals surface area (Å²) < 4.78 is 32.5. The van der Waals surface area contributed by atoms with E-state index in [1.54, 1.807) is 20.8 Å². The summed E-state index contributed by atoms with van der Waals surface area (Å²) in [4.78, 5) is 23.6. The van der Waals surface area contributed by atoms with Crippen molar-refractivity contribution in [2.45, 2.75) is 42.9 Å². The second-order valence-electron chi connectivity index (χ2n) is 8.53. The Labute approximate surface area is 174 Å². The molecule has 3 rings (SSSR count). The number of carbonyl (C=O) groups excluding carboxylic acids is 1. The smallest absolute Gasteiger partial charge is 0.410 e. The van der Waals surface area contributed by atoms with Crippen LogP contribution in [0.3, 0.4) is 0 Å². The van der Waals surface area contributed by atoms with Gasteiger partial charge in [0.25, 0.3) is 5.69 Å². The third kappa shape index (κ3) is 4.41. The first kappa shape index (κ1) is 22.4. The van der Waals surface area contributed by atoms with E-state index in [9.17, 15) is 28.4 Å². The molecule has 1 aromatic rings. The van der Waals surface area contributed by atoms with Crippen LogP contribution in [0.1, 0.15) is 20.8 Å². The van der Waals surface area contributed by atoms with Crippen LogP contribution in [0, 0.1) is 10.1 Å². The summed E-state index contributed by atoms with van der Waals surface area (Å²) in [5.74, 6) is 0. The van der Waals surface area contributed by atoms with Crippen molar-refractivity contribution >= 4 is 21.8 Å². The number of likely N-dealkylation sites (tertiary alicyclic amines) is 1. The number of hydrogen-bond acceptors (Lipinski definition) is 8. The molecule has 0 bridgehead atoms. The molecular weight excluding hydrogens is 416 g/mol. The fourth-order valence-corrected chi connectivity index (χ4v) is 5.17. The maximum absolute atomic E-state index is 13.0. The van der Waals surface area contributed by atoms with E-state index < -0.39 is 44.0 Å². The van der Waals surface area contributed by atoms with Crippen molar-refractivity contribution in [2.75, 3.05) is 32.7 Å². The molecule has 2 fully saturated rings. The van der Waals surface area contributed by atoms with Crippen molar-refractivity contribution in [3.05, 3.63) is 34.4 Å². The molecule has 0 spiro atoms. The summed E-state index contributed by atoms with van der Waals surface area (Å²) in [5.41, 5.74) is -2.48. The van der Waals surface area contributed by atoms with Crippen molar-refractivity contribution < 1.29 is 28.0 Å². The second-order valence-corrected chi connectivity index (χ2v) is 10.4. The monoisotopic (exact) mass is 442 g/mol. The van der Waals surface area contributed by atoms with Gasteiger partial charge in [-0.3, -0.25) is 10.1 Å². The fourth-order valence-electron chi connectivity index (χ4n) is 3.56. The number of carbonyl (C=O) groups is 1. The number of nitro benzene ring substituents is 1. The van der Waals surface area contributed by atoms with Crippen LogP contribution >= 0.6 is 0 Å². The molecule has 0 aromatic heterocycles. The summed E-state index contributed by atoms with van der Waals surface area (Å²) in [6.45, 7) is 5.52. The lowest BCUT2D eigenvalue weighted by molar-refractivity contribution is -0.387. The van der Waals surface area contributed by atoms with Crippen LogP contribution in [0.2, 0.25) is 0 Å². The number of nitrogens with zero attached hydrogens (tertiary/aromatic N) is 3. The highest BCUT2D eigenvalue weighted by atomic mass is 32.2. The first-order valence-corrected chi connectivity index (χ1v) is 10.9. The Bertz CT molecular complexity index is 938. The van der Waals surface area contributed by atoms with Gasteiger partial charge < -0.3 is 20.1 Å². The Hall–Kier alpha value is -2.28. The summed E-state index contributed by atoms with van der Waals surface area (Å²) >= 11 is 0. The van der Waals surface area contributed by atoms with Crippen LogP contribution in [0.25, 0.3) is 0 Å². The molecule has 1 amide bonds. The molecule has 0 saturated carbocycles. The molecule has 2 N–H and O–H groups in total. The third-order valence-electron chi connectivity index (χ3n) is 5.05. The average Bonchev–Trinajstić information content (AvgIpc) is 2.64. The molecule has 1 aromatic carbocycles. The van der Waals surface area contributed by atoms with Gasteiger partial charge in [0.15, 0.2) is 4.90 Å². The van der Waals surface area contributed by atoms with Gasteiger partial charge in [-0.1, -0.05) is 12.1 Å². The molecule has 0 aliphatic carbocycles. The van der Waals surface area contributed by atoms with E-state index in [0.29, 0.717) is 0 Å². The topological polar surface area (TPSA) is 142 Å². The highest BCUT2D eigenvalue weighted by Gasteiger charge is 2.52. The van der Waals surface area contributed by atoms with Gasteiger partial charge in [-0.25, -0.2) is 13.2 Å². The minimum atomic E-state index is -4.13. The molecule has 166 valence electrons. The van der Waals surface area contributed by atoms with E-state index in [2.05, 4.69) is 5.32 Å². The van der Waals surface area contributed by atoms with Gasteiger partial charge >= 0.3 is 6.09 Å². The quantitative estimate of drug-likeness (QED) is 0.508. The van der Waals surface area contributed by atoms with Crippen LogP contribution in [0.5, 0.6) is 0 Å². The number of piperazine rings is 1. The molecule has 2 aliphatic heterocycles. The lowest BCUT2D eigenvalue weighted by Crippen LogP contribution is -2.75. The number of amides is 1. The van der Waals surface area contributed by atoms with Gasteiger partial charge in [0.05, 0.1) is 24.1 Å². The Morgan fingerprint density at radius 3 is 2.57 bits per heavy atom. The van der Waals surface area contributed by atoms with Crippen molar-refractivity contribution in [3.63, 3.8) is 0 Å². The molecule has 12 heteroatoms. The third-order valence-corrected chi connectivity index (χ3v) is 6.96. The van der Waals surface area contributed by atoms with Gasteiger partial charge in [0.2, 0.25) is 10.0 Å². The molecule has 2 aliphatic rings. The Balaban J connectivity index is 1.72. The number of ether oxygens (including phenoxy) is 1. The summed E-state index contributed by atoms with van der Waals surface area (Å²) in [5, 5.41) is 25.2. The Morgan fingerprint density at radius 1 is 1.33 bits per heavy atom. The van der Waals surface area contributed by atoms with E-state index in [-0.39, 0.29) is 37.6 Å². The zero-order valence-electron chi connectivity index (χ0n) is 17.1. The first-order valence-electron chi connectivity index (χ1n) is 9.51. The number of nitro groups is 1. The molecule has 1 atom stereocenters. The highest BCUT2D eigenvalue weighted by molar-refractivity contribution is 7.89. The number of para-hydroxylation sites is 1. The fraction of sp³-hybridized carbons (Fsp3) is 0.611. The standard InChI is InChI=1S/C18H26N4O7S/c1-17(2,3)29-16(23)20-11-18(24,12-20)15-10-21(9-8-19-15)30(27,28)14-7-5-4-6-13(14)22(25)26/h4-7,15,19,24H,8-12H2,1-3H3/t15-/m0/s1. The number of rotatable bonds is 4. The number of β-amino-alcohol motifs (C(OH)–C–C–N with tert-alkyl or cyclic N) is 1. The molecule has 2 saturated heterocycles. The van der Waals surface area contributed by atoms with Crippen LogP contribution in [-0.2, 0) is 14.8 Å². The molecular formula is C18H26N4O7S. The summed E-state index contributed by atoms with van der Waals surface area (Å²) in [6, 6.07) is 4.54. The number of aliphatic hydroxyl groups is 1. The first-order chi connectivity index (χ1) is 13.8. The predicted molar refractivity (Wildman–Crippen MR) is 106 cm³/mol.